The summed E-state index contributed by atoms with van der Waals surface area (Å²) in [5.74, 6) is 0. The fourth-order valence-electron chi connectivity index (χ4n) is 1.24. The van der Waals surface area contributed by atoms with Crippen molar-refractivity contribution in [3.05, 3.63) is 41.6 Å². The first-order chi connectivity index (χ1) is 6.36. The number of nitrogens with two attached hydrogens (primary N) is 1. The summed E-state index contributed by atoms with van der Waals surface area (Å²) in [6.45, 7) is 0. The van der Waals surface area contributed by atoms with E-state index < -0.39 is 0 Å². The highest BCUT2D eigenvalue weighted by atomic mass is 15.3. The molecule has 3 heteroatoms. The molecule has 1 radical (unpaired) electrons. The Labute approximate surface area is 77.0 Å². The third-order valence-electron chi connectivity index (χ3n) is 1.95. The van der Waals surface area contributed by atoms with E-state index in [4.69, 9.17) is 5.73 Å². The molecule has 0 aliphatic carbocycles. The monoisotopic (exact) mass is 172 g/mol. The Morgan fingerprint density at radius 3 is 2.77 bits per heavy atom. The second kappa shape index (κ2) is 3.31. The van der Waals surface area contributed by atoms with Crippen LogP contribution in [0.5, 0.6) is 0 Å². The van der Waals surface area contributed by atoms with Crippen molar-refractivity contribution in [3.8, 4) is 0 Å². The molecule has 1 aromatic rings. The van der Waals surface area contributed by atoms with Gasteiger partial charge in [0.1, 0.15) is 0 Å². The van der Waals surface area contributed by atoms with Gasteiger partial charge in [0.05, 0.1) is 11.9 Å². The smallest absolute Gasteiger partial charge is 0.0691 e. The standard InChI is InChI=1S/C10H10N3/c11-10-4-2-1-3-8(10)7-9-5-6-12-13-9/h1-6H,7,11H2. The van der Waals surface area contributed by atoms with Crippen molar-refractivity contribution >= 4 is 11.9 Å². The molecule has 0 aromatic heterocycles. The zero-order valence-corrected chi connectivity index (χ0v) is 7.14. The van der Waals surface area contributed by atoms with Crippen molar-refractivity contribution in [2.45, 2.75) is 6.42 Å². The molecule has 0 unspecified atom stereocenters. The molecule has 0 bridgehead atoms. The summed E-state index contributed by atoms with van der Waals surface area (Å²) in [5.41, 5.74) is 12.6. The minimum absolute atomic E-state index is 0.757. The molecule has 0 atom stereocenters. The Bertz CT molecular complexity index is 366. The van der Waals surface area contributed by atoms with Crippen molar-refractivity contribution in [1.29, 1.82) is 0 Å². The minimum atomic E-state index is 0.757. The molecule has 0 spiro atoms. The Kier molecular flexibility index (Phi) is 2.00. The van der Waals surface area contributed by atoms with Gasteiger partial charge in [-0.1, -0.05) is 18.2 Å². The number of benzene rings is 1. The van der Waals surface area contributed by atoms with E-state index in [0.717, 1.165) is 23.4 Å². The Balaban J connectivity index is 2.14. The fourth-order valence-corrected chi connectivity index (χ4v) is 1.24. The fraction of sp³-hybridized carbons (Fsp3) is 0.100. The summed E-state index contributed by atoms with van der Waals surface area (Å²) in [5, 5.41) is 3.76. The van der Waals surface area contributed by atoms with E-state index in [2.05, 4.69) is 10.5 Å². The summed E-state index contributed by atoms with van der Waals surface area (Å²) in [6.07, 6.45) is 4.34. The van der Waals surface area contributed by atoms with E-state index in [9.17, 15) is 0 Å². The Morgan fingerprint density at radius 2 is 2.08 bits per heavy atom. The van der Waals surface area contributed by atoms with Gasteiger partial charge >= 0.3 is 0 Å². The summed E-state index contributed by atoms with van der Waals surface area (Å²) in [7, 11) is 0. The second-order valence-corrected chi connectivity index (χ2v) is 2.90. The zero-order chi connectivity index (χ0) is 9.10. The van der Waals surface area contributed by atoms with E-state index in [1.165, 1.54) is 0 Å². The van der Waals surface area contributed by atoms with Crippen molar-refractivity contribution in [2.24, 2.45) is 5.10 Å². The molecule has 0 saturated carbocycles. The van der Waals surface area contributed by atoms with E-state index in [0.29, 0.717) is 0 Å². The average molecular weight is 172 g/mol. The highest BCUT2D eigenvalue weighted by molar-refractivity contribution is 5.74. The molecule has 65 valence electrons. The molecular formula is C10H10N3. The minimum Gasteiger partial charge on any atom is -0.398 e. The highest BCUT2D eigenvalue weighted by Crippen LogP contribution is 2.15. The van der Waals surface area contributed by atoms with Crippen LogP contribution in [0.15, 0.2) is 41.1 Å². The number of hydrogen-bond donors (Lipinski definition) is 1. The lowest BCUT2D eigenvalue weighted by molar-refractivity contribution is 0.853. The van der Waals surface area contributed by atoms with Crippen molar-refractivity contribution in [2.75, 3.05) is 5.73 Å². The molecule has 2 N–H and O–H groups in total. The van der Waals surface area contributed by atoms with Crippen LogP contribution in [0.3, 0.4) is 0 Å². The molecule has 0 amide bonds. The van der Waals surface area contributed by atoms with E-state index in [1.54, 1.807) is 6.21 Å². The van der Waals surface area contributed by atoms with Gasteiger partial charge in [-0.3, -0.25) is 0 Å². The van der Waals surface area contributed by atoms with Crippen LogP contribution in [0.4, 0.5) is 5.69 Å². The van der Waals surface area contributed by atoms with Gasteiger partial charge in [-0.2, -0.15) is 10.5 Å². The molecule has 1 heterocycles. The van der Waals surface area contributed by atoms with Crippen molar-refractivity contribution in [1.82, 2.24) is 5.43 Å². The van der Waals surface area contributed by atoms with Crippen LogP contribution >= 0.6 is 0 Å². The number of hydrogen-bond acceptors (Lipinski definition) is 2. The lowest BCUT2D eigenvalue weighted by Gasteiger charge is -2.03. The van der Waals surface area contributed by atoms with Crippen molar-refractivity contribution in [3.63, 3.8) is 0 Å². The maximum absolute atomic E-state index is 5.79. The summed E-state index contributed by atoms with van der Waals surface area (Å²) < 4.78 is 0. The maximum Gasteiger partial charge on any atom is 0.0691 e. The number of rotatable bonds is 2. The molecule has 1 aliphatic heterocycles. The summed E-state index contributed by atoms with van der Waals surface area (Å²) >= 11 is 0. The topological polar surface area (TPSA) is 52.5 Å². The SMILES string of the molecule is Nc1ccccc1CC1=CC=N[N]1. The van der Waals surface area contributed by atoms with Gasteiger partial charge in [-0.25, -0.2) is 0 Å². The lowest BCUT2D eigenvalue weighted by Crippen LogP contribution is -2.00. The Morgan fingerprint density at radius 1 is 1.23 bits per heavy atom. The first-order valence-corrected chi connectivity index (χ1v) is 4.13. The van der Waals surface area contributed by atoms with Crippen LogP contribution in [0.2, 0.25) is 0 Å². The summed E-state index contributed by atoms with van der Waals surface area (Å²) in [4.78, 5) is 0. The first kappa shape index (κ1) is 7.86. The predicted molar refractivity (Wildman–Crippen MR) is 53.3 cm³/mol. The maximum atomic E-state index is 5.79. The molecule has 1 aliphatic rings. The van der Waals surface area contributed by atoms with E-state index in [1.807, 2.05) is 30.3 Å². The largest absolute Gasteiger partial charge is 0.398 e. The van der Waals surface area contributed by atoms with E-state index >= 15 is 0 Å². The molecule has 1 aromatic carbocycles. The molecule has 2 rings (SSSR count). The number of para-hydroxylation sites is 1. The molecule has 13 heavy (non-hydrogen) atoms. The van der Waals surface area contributed by atoms with Gasteiger partial charge in [0.2, 0.25) is 0 Å². The second-order valence-electron chi connectivity index (χ2n) is 2.90. The van der Waals surface area contributed by atoms with Crippen LogP contribution in [0, 0.1) is 0 Å². The molecule has 3 nitrogen and oxygen atoms in total. The van der Waals surface area contributed by atoms with Gasteiger partial charge in [0, 0.05) is 12.1 Å². The quantitative estimate of drug-likeness (QED) is 0.671. The summed E-state index contributed by atoms with van der Waals surface area (Å²) in [6, 6.07) is 7.80. The predicted octanol–water partition coefficient (Wildman–Crippen LogP) is 1.30. The lowest BCUT2D eigenvalue weighted by atomic mass is 10.1. The average Bonchev–Trinajstić information content (AvgIpc) is 2.61. The third kappa shape index (κ3) is 1.69. The van der Waals surface area contributed by atoms with Gasteiger partial charge < -0.3 is 5.73 Å². The Hall–Kier alpha value is -1.77. The molecule has 0 saturated heterocycles. The third-order valence-corrected chi connectivity index (χ3v) is 1.95. The first-order valence-electron chi connectivity index (χ1n) is 4.13. The molecule has 0 fully saturated rings. The van der Waals surface area contributed by atoms with Crippen LogP contribution in [0.25, 0.3) is 0 Å². The van der Waals surface area contributed by atoms with Gasteiger partial charge in [0.25, 0.3) is 0 Å². The van der Waals surface area contributed by atoms with Crippen molar-refractivity contribution < 1.29 is 0 Å². The van der Waals surface area contributed by atoms with Gasteiger partial charge in [0.15, 0.2) is 0 Å². The number of allylic oxidation sites excluding steroid dienone is 2. The van der Waals surface area contributed by atoms with Crippen LogP contribution in [0.1, 0.15) is 5.56 Å². The number of nitrogen functional groups attached to an aromatic ring is 1. The normalized spacial score (nSPS) is 14.0. The number of anilines is 1. The molecular weight excluding hydrogens is 162 g/mol. The van der Waals surface area contributed by atoms with Crippen LogP contribution < -0.4 is 11.2 Å². The van der Waals surface area contributed by atoms with Gasteiger partial charge in [-0.05, 0) is 17.7 Å². The van der Waals surface area contributed by atoms with Crippen LogP contribution in [-0.4, -0.2) is 6.21 Å². The van der Waals surface area contributed by atoms with Gasteiger partial charge in [-0.15, -0.1) is 0 Å². The van der Waals surface area contributed by atoms with Crippen LogP contribution in [-0.2, 0) is 6.42 Å². The van der Waals surface area contributed by atoms with E-state index in [-0.39, 0.29) is 0 Å². The highest BCUT2D eigenvalue weighted by Gasteiger charge is 2.05. The zero-order valence-electron chi connectivity index (χ0n) is 7.14. The number of nitrogens with zero attached hydrogens (tertiary/aromatic N) is 2.